The fraction of sp³-hybridized carbons (Fsp3) is 0.500. The summed E-state index contributed by atoms with van der Waals surface area (Å²) in [6.07, 6.45) is 1.37. The minimum Gasteiger partial charge on any atom is -0.466 e. The number of hydrogen-bond donors (Lipinski definition) is 1. The number of nitrogens with zero attached hydrogens (tertiary/aromatic N) is 1. The summed E-state index contributed by atoms with van der Waals surface area (Å²) in [5, 5.41) is 4.03. The number of carbonyl (C=O) groups is 1. The van der Waals surface area contributed by atoms with Gasteiger partial charge < -0.3 is 15.3 Å². The minimum atomic E-state index is -1.18. The molecule has 1 unspecified atom stereocenters. The summed E-state index contributed by atoms with van der Waals surface area (Å²) in [6.45, 7) is 4.42. The molecule has 0 aliphatic carbocycles. The van der Waals surface area contributed by atoms with Crippen LogP contribution in [0.5, 0.6) is 0 Å². The number of benzene rings is 1. The zero-order valence-corrected chi connectivity index (χ0v) is 12.8. The van der Waals surface area contributed by atoms with Gasteiger partial charge in [0.2, 0.25) is 0 Å². The molecule has 0 amide bonds. The van der Waals surface area contributed by atoms with Gasteiger partial charge in [-0.05, 0) is 23.5 Å². The van der Waals surface area contributed by atoms with Gasteiger partial charge in [0.15, 0.2) is 0 Å². The number of carbonyl (C=O) groups excluding carboxylic acids is 1. The molecule has 2 N–H and O–H groups in total. The first kappa shape index (κ1) is 15.5. The van der Waals surface area contributed by atoms with Crippen LogP contribution in [0.3, 0.4) is 0 Å². The van der Waals surface area contributed by atoms with Crippen LogP contribution in [0.1, 0.15) is 31.4 Å². The fourth-order valence-corrected chi connectivity index (χ4v) is 2.43. The molecular weight excluding hydrogens is 268 g/mol. The molecule has 0 aromatic heterocycles. The second kappa shape index (κ2) is 6.26. The predicted molar refractivity (Wildman–Crippen MR) is 81.0 cm³/mol. The van der Waals surface area contributed by atoms with Crippen LogP contribution in [0.25, 0.3) is 0 Å². The summed E-state index contributed by atoms with van der Waals surface area (Å²) >= 11 is 0. The van der Waals surface area contributed by atoms with Gasteiger partial charge in [0.1, 0.15) is 0 Å². The number of ether oxygens (including phenoxy) is 1. The van der Waals surface area contributed by atoms with Gasteiger partial charge in [0.05, 0.1) is 12.8 Å². The number of nitrogens with two attached hydrogens (primary N) is 1. The summed E-state index contributed by atoms with van der Waals surface area (Å²) in [4.78, 5) is 17.1. The standard InChI is InChI=1S/C16H22N2O3/c1-11(2)8-12-4-6-13(7-5-12)14-9-16(10-17,21-18-14)15(19)20-3/h4-7,11H,8-10,17H2,1-3H3. The first-order valence-electron chi connectivity index (χ1n) is 7.13. The molecule has 0 saturated heterocycles. The number of esters is 1. The molecule has 0 saturated carbocycles. The third-order valence-electron chi connectivity index (χ3n) is 3.60. The molecule has 1 aliphatic rings. The molecule has 0 fully saturated rings. The largest absolute Gasteiger partial charge is 0.466 e. The first-order chi connectivity index (χ1) is 10.0. The number of methoxy groups -OCH3 is 1. The van der Waals surface area contributed by atoms with Crippen molar-refractivity contribution in [3.63, 3.8) is 0 Å². The van der Waals surface area contributed by atoms with Crippen LogP contribution in [-0.4, -0.2) is 30.9 Å². The highest BCUT2D eigenvalue weighted by atomic mass is 16.7. The van der Waals surface area contributed by atoms with Crippen LogP contribution in [0.4, 0.5) is 0 Å². The highest BCUT2D eigenvalue weighted by Crippen LogP contribution is 2.27. The highest BCUT2D eigenvalue weighted by molar-refractivity contribution is 6.04. The molecule has 1 atom stereocenters. The van der Waals surface area contributed by atoms with E-state index in [0.29, 0.717) is 12.3 Å². The minimum absolute atomic E-state index is 0.0398. The van der Waals surface area contributed by atoms with E-state index < -0.39 is 11.6 Å². The molecule has 5 nitrogen and oxygen atoms in total. The van der Waals surface area contributed by atoms with Crippen LogP contribution in [0.15, 0.2) is 29.4 Å². The molecule has 5 heteroatoms. The van der Waals surface area contributed by atoms with Gasteiger partial charge in [-0.25, -0.2) is 4.79 Å². The van der Waals surface area contributed by atoms with Crippen LogP contribution < -0.4 is 5.73 Å². The summed E-state index contributed by atoms with van der Waals surface area (Å²) in [5.74, 6) is 0.132. The Labute approximate surface area is 125 Å². The average molecular weight is 290 g/mol. The maximum Gasteiger partial charge on any atom is 0.354 e. The van der Waals surface area contributed by atoms with Crippen molar-refractivity contribution in [1.29, 1.82) is 0 Å². The van der Waals surface area contributed by atoms with Gasteiger partial charge in [0, 0.05) is 13.0 Å². The van der Waals surface area contributed by atoms with Crippen molar-refractivity contribution in [3.05, 3.63) is 35.4 Å². The first-order valence-corrected chi connectivity index (χ1v) is 7.13. The average Bonchev–Trinajstić information content (AvgIpc) is 2.92. The van der Waals surface area contributed by atoms with E-state index >= 15 is 0 Å². The van der Waals surface area contributed by atoms with Gasteiger partial charge in [-0.3, -0.25) is 0 Å². The Kier molecular flexibility index (Phi) is 4.63. The molecule has 1 aromatic carbocycles. The number of hydrogen-bond acceptors (Lipinski definition) is 5. The van der Waals surface area contributed by atoms with E-state index in [9.17, 15) is 4.79 Å². The van der Waals surface area contributed by atoms with E-state index in [-0.39, 0.29) is 6.54 Å². The lowest BCUT2D eigenvalue weighted by Gasteiger charge is -2.21. The lowest BCUT2D eigenvalue weighted by molar-refractivity contribution is -0.165. The van der Waals surface area contributed by atoms with Gasteiger partial charge in [-0.15, -0.1) is 0 Å². The second-order valence-electron chi connectivity index (χ2n) is 5.79. The predicted octanol–water partition coefficient (Wildman–Crippen LogP) is 1.88. The van der Waals surface area contributed by atoms with Crippen LogP contribution in [-0.2, 0) is 20.8 Å². The second-order valence-corrected chi connectivity index (χ2v) is 5.79. The van der Waals surface area contributed by atoms with Crippen molar-refractivity contribution >= 4 is 11.7 Å². The van der Waals surface area contributed by atoms with Crippen molar-refractivity contribution in [2.24, 2.45) is 16.8 Å². The Balaban J connectivity index is 2.12. The van der Waals surface area contributed by atoms with Crippen LogP contribution in [0, 0.1) is 5.92 Å². The van der Waals surface area contributed by atoms with Crippen molar-refractivity contribution in [3.8, 4) is 0 Å². The molecular formula is C16H22N2O3. The summed E-state index contributed by atoms with van der Waals surface area (Å²) in [7, 11) is 1.32. The van der Waals surface area contributed by atoms with Gasteiger partial charge in [-0.1, -0.05) is 43.3 Å². The Bertz CT molecular complexity index is 537. The molecule has 21 heavy (non-hydrogen) atoms. The molecule has 114 valence electrons. The van der Waals surface area contributed by atoms with Crippen molar-refractivity contribution in [1.82, 2.24) is 0 Å². The van der Waals surface area contributed by atoms with Crippen molar-refractivity contribution in [2.45, 2.75) is 32.3 Å². The number of rotatable bonds is 5. The van der Waals surface area contributed by atoms with Gasteiger partial charge in [0.25, 0.3) is 5.60 Å². The van der Waals surface area contributed by atoms with E-state index in [1.807, 2.05) is 12.1 Å². The molecule has 0 radical (unpaired) electrons. The summed E-state index contributed by atoms with van der Waals surface area (Å²) in [5.41, 5.74) is 7.44. The summed E-state index contributed by atoms with van der Waals surface area (Å²) < 4.78 is 4.76. The molecule has 2 rings (SSSR count). The maximum absolute atomic E-state index is 11.8. The fourth-order valence-electron chi connectivity index (χ4n) is 2.43. The van der Waals surface area contributed by atoms with Gasteiger partial charge >= 0.3 is 5.97 Å². The van der Waals surface area contributed by atoms with E-state index in [4.69, 9.17) is 15.3 Å². The van der Waals surface area contributed by atoms with E-state index in [1.165, 1.54) is 12.7 Å². The Morgan fingerprint density at radius 1 is 1.43 bits per heavy atom. The lowest BCUT2D eigenvalue weighted by atomic mass is 9.93. The zero-order chi connectivity index (χ0) is 15.5. The SMILES string of the molecule is COC(=O)C1(CN)CC(c2ccc(CC(C)C)cc2)=NO1. The van der Waals surface area contributed by atoms with Crippen LogP contribution in [0.2, 0.25) is 0 Å². The normalized spacial score (nSPS) is 21.1. The topological polar surface area (TPSA) is 73.9 Å². The van der Waals surface area contributed by atoms with E-state index in [2.05, 4.69) is 31.1 Å². The quantitative estimate of drug-likeness (QED) is 0.840. The molecule has 1 heterocycles. The Morgan fingerprint density at radius 2 is 2.10 bits per heavy atom. The number of oxime groups is 1. The zero-order valence-electron chi connectivity index (χ0n) is 12.8. The third-order valence-corrected chi connectivity index (χ3v) is 3.60. The molecule has 0 spiro atoms. The summed E-state index contributed by atoms with van der Waals surface area (Å²) in [6, 6.07) is 8.17. The lowest BCUT2D eigenvalue weighted by Crippen LogP contribution is -2.46. The van der Waals surface area contributed by atoms with Crippen molar-refractivity contribution in [2.75, 3.05) is 13.7 Å². The third kappa shape index (κ3) is 3.24. The molecule has 1 aliphatic heterocycles. The maximum atomic E-state index is 11.8. The highest BCUT2D eigenvalue weighted by Gasteiger charge is 2.46. The monoisotopic (exact) mass is 290 g/mol. The van der Waals surface area contributed by atoms with E-state index in [1.54, 1.807) is 0 Å². The smallest absolute Gasteiger partial charge is 0.354 e. The molecule has 0 bridgehead atoms. The Morgan fingerprint density at radius 3 is 2.62 bits per heavy atom. The van der Waals surface area contributed by atoms with E-state index in [0.717, 1.165) is 17.7 Å². The van der Waals surface area contributed by atoms with Gasteiger partial charge in [-0.2, -0.15) is 0 Å². The molecule has 1 aromatic rings. The van der Waals surface area contributed by atoms with Crippen LogP contribution >= 0.6 is 0 Å². The Hall–Kier alpha value is -1.88. The van der Waals surface area contributed by atoms with Crippen molar-refractivity contribution < 1.29 is 14.4 Å².